The van der Waals surface area contributed by atoms with Crippen LogP contribution in [-0.2, 0) is 6.61 Å². The fourth-order valence-corrected chi connectivity index (χ4v) is 5.34. The molecule has 6 heteroatoms. The number of anilines is 1. The summed E-state index contributed by atoms with van der Waals surface area (Å²) >= 11 is 0. The zero-order valence-corrected chi connectivity index (χ0v) is 19.0. The molecule has 0 amide bonds. The highest BCUT2D eigenvalue weighted by Crippen LogP contribution is 2.39. The second kappa shape index (κ2) is 7.09. The summed E-state index contributed by atoms with van der Waals surface area (Å²) in [5, 5.41) is 8.09. The summed E-state index contributed by atoms with van der Waals surface area (Å²) in [5.74, 6) is 1.69. The summed E-state index contributed by atoms with van der Waals surface area (Å²) in [6.07, 6.45) is 5.89. The van der Waals surface area contributed by atoms with E-state index in [1.807, 2.05) is 16.9 Å². The van der Waals surface area contributed by atoms with E-state index in [-0.39, 0.29) is 11.1 Å². The molecule has 0 unspecified atom stereocenters. The number of pyridine rings is 1. The average molecular weight is 418 g/mol. The van der Waals surface area contributed by atoms with Gasteiger partial charge in [0, 0.05) is 42.1 Å². The molecule has 0 aliphatic carbocycles. The van der Waals surface area contributed by atoms with Crippen LogP contribution in [-0.4, -0.2) is 38.9 Å². The van der Waals surface area contributed by atoms with Crippen molar-refractivity contribution in [1.82, 2.24) is 20.1 Å². The molecule has 2 aliphatic rings. The fourth-order valence-electron chi connectivity index (χ4n) is 5.34. The number of nitrogens with zero attached hydrogens (tertiary/aromatic N) is 4. The van der Waals surface area contributed by atoms with Gasteiger partial charge in [0.2, 0.25) is 5.88 Å². The van der Waals surface area contributed by atoms with E-state index in [0.717, 1.165) is 41.4 Å². The van der Waals surface area contributed by atoms with Crippen LogP contribution in [0.3, 0.4) is 0 Å². The molecule has 6 nitrogen and oxygen atoms in total. The SMILES string of the molecule is CN(c1ccc2c(n1)OCc1cc(-n3cccn3)ccc1-2)C1CC(C)(C)NC(C)(C)C1. The normalized spacial score (nSPS) is 19.3. The summed E-state index contributed by atoms with van der Waals surface area (Å²) in [6, 6.07) is 13.0. The lowest BCUT2D eigenvalue weighted by Crippen LogP contribution is -2.62. The molecular weight excluding hydrogens is 386 g/mol. The average Bonchev–Trinajstić information content (AvgIpc) is 3.25. The minimum Gasteiger partial charge on any atom is -0.472 e. The van der Waals surface area contributed by atoms with E-state index < -0.39 is 0 Å². The number of piperidine rings is 1. The minimum absolute atomic E-state index is 0.0939. The monoisotopic (exact) mass is 417 g/mol. The molecule has 1 N–H and O–H groups in total. The Bertz CT molecular complexity index is 1090. The van der Waals surface area contributed by atoms with Crippen LogP contribution in [0, 0.1) is 0 Å². The number of hydrogen-bond acceptors (Lipinski definition) is 5. The number of rotatable bonds is 3. The van der Waals surface area contributed by atoms with E-state index in [2.05, 4.69) is 80.4 Å². The van der Waals surface area contributed by atoms with Crippen molar-refractivity contribution in [3.8, 4) is 22.7 Å². The van der Waals surface area contributed by atoms with Crippen LogP contribution in [0.5, 0.6) is 5.88 Å². The van der Waals surface area contributed by atoms with Crippen molar-refractivity contribution >= 4 is 5.82 Å². The molecule has 0 radical (unpaired) electrons. The van der Waals surface area contributed by atoms with E-state index in [9.17, 15) is 0 Å². The number of benzene rings is 1. The maximum absolute atomic E-state index is 6.10. The van der Waals surface area contributed by atoms with Crippen molar-refractivity contribution < 1.29 is 4.74 Å². The number of fused-ring (bicyclic) bond motifs is 3. The smallest absolute Gasteiger partial charge is 0.223 e. The Morgan fingerprint density at radius 3 is 2.52 bits per heavy atom. The summed E-state index contributed by atoms with van der Waals surface area (Å²) in [5.41, 5.74) is 4.62. The van der Waals surface area contributed by atoms with E-state index in [0.29, 0.717) is 12.6 Å². The van der Waals surface area contributed by atoms with E-state index in [1.165, 1.54) is 5.56 Å². The quantitative estimate of drug-likeness (QED) is 0.676. The van der Waals surface area contributed by atoms with Gasteiger partial charge in [0.1, 0.15) is 12.4 Å². The summed E-state index contributed by atoms with van der Waals surface area (Å²) in [6.45, 7) is 9.66. The lowest BCUT2D eigenvalue weighted by molar-refractivity contribution is 0.160. The molecule has 162 valence electrons. The van der Waals surface area contributed by atoms with Crippen molar-refractivity contribution in [3.63, 3.8) is 0 Å². The van der Waals surface area contributed by atoms with Crippen molar-refractivity contribution in [1.29, 1.82) is 0 Å². The Balaban J connectivity index is 1.43. The molecule has 2 aliphatic heterocycles. The standard InChI is InChI=1S/C25H31N5O/c1-24(2)14-19(15-25(3,4)28-24)29(5)22-10-9-21-20-8-7-18(30-12-6-11-26-30)13-17(20)16-31-23(21)27-22/h6-13,19,28H,14-16H2,1-5H3. The predicted molar refractivity (Wildman–Crippen MR) is 124 cm³/mol. The Morgan fingerprint density at radius 1 is 1.06 bits per heavy atom. The molecule has 0 bridgehead atoms. The molecule has 5 rings (SSSR count). The maximum Gasteiger partial charge on any atom is 0.223 e. The first-order valence-electron chi connectivity index (χ1n) is 11.0. The molecule has 0 atom stereocenters. The van der Waals surface area contributed by atoms with Gasteiger partial charge >= 0.3 is 0 Å². The summed E-state index contributed by atoms with van der Waals surface area (Å²) in [4.78, 5) is 7.24. The molecule has 1 saturated heterocycles. The van der Waals surface area contributed by atoms with Crippen LogP contribution >= 0.6 is 0 Å². The molecule has 31 heavy (non-hydrogen) atoms. The largest absolute Gasteiger partial charge is 0.472 e. The molecule has 0 saturated carbocycles. The Morgan fingerprint density at radius 2 is 1.81 bits per heavy atom. The first-order chi connectivity index (χ1) is 14.7. The Labute approximate surface area is 184 Å². The lowest BCUT2D eigenvalue weighted by Gasteiger charge is -2.49. The molecule has 4 heterocycles. The van der Waals surface area contributed by atoms with Gasteiger partial charge < -0.3 is 15.0 Å². The maximum atomic E-state index is 6.10. The van der Waals surface area contributed by atoms with Crippen LogP contribution in [0.15, 0.2) is 48.8 Å². The fraction of sp³-hybridized carbons (Fsp3) is 0.440. The molecule has 1 fully saturated rings. The van der Waals surface area contributed by atoms with Crippen LogP contribution in [0.4, 0.5) is 5.82 Å². The van der Waals surface area contributed by atoms with Gasteiger partial charge in [-0.2, -0.15) is 10.1 Å². The minimum atomic E-state index is 0.0939. The summed E-state index contributed by atoms with van der Waals surface area (Å²) < 4.78 is 7.97. The third kappa shape index (κ3) is 3.81. The van der Waals surface area contributed by atoms with Gasteiger partial charge in [0.05, 0.1) is 5.69 Å². The predicted octanol–water partition coefficient (Wildman–Crippen LogP) is 4.57. The van der Waals surface area contributed by atoms with Crippen LogP contribution in [0.1, 0.15) is 46.1 Å². The van der Waals surface area contributed by atoms with Gasteiger partial charge in [-0.25, -0.2) is 4.68 Å². The third-order valence-electron chi connectivity index (χ3n) is 6.44. The molecule has 3 aromatic rings. The van der Waals surface area contributed by atoms with Gasteiger partial charge in [0.25, 0.3) is 0 Å². The van der Waals surface area contributed by atoms with Crippen molar-refractivity contribution in [3.05, 3.63) is 54.4 Å². The van der Waals surface area contributed by atoms with Gasteiger partial charge in [-0.1, -0.05) is 6.07 Å². The Hall–Kier alpha value is -2.86. The summed E-state index contributed by atoms with van der Waals surface area (Å²) in [7, 11) is 2.16. The highest BCUT2D eigenvalue weighted by molar-refractivity contribution is 5.75. The van der Waals surface area contributed by atoms with E-state index >= 15 is 0 Å². The molecule has 1 aromatic carbocycles. The number of aromatic nitrogens is 3. The van der Waals surface area contributed by atoms with E-state index in [1.54, 1.807) is 6.20 Å². The Kier molecular flexibility index (Phi) is 4.59. The highest BCUT2D eigenvalue weighted by Gasteiger charge is 2.39. The van der Waals surface area contributed by atoms with Gasteiger partial charge in [-0.15, -0.1) is 0 Å². The van der Waals surface area contributed by atoms with Gasteiger partial charge in [-0.3, -0.25) is 0 Å². The van der Waals surface area contributed by atoms with E-state index in [4.69, 9.17) is 9.72 Å². The molecular formula is C25H31N5O. The molecule has 2 aromatic heterocycles. The first-order valence-corrected chi connectivity index (χ1v) is 11.0. The van der Waals surface area contributed by atoms with Crippen molar-refractivity contribution in [2.45, 2.75) is 64.3 Å². The van der Waals surface area contributed by atoms with Crippen LogP contribution < -0.4 is 15.0 Å². The van der Waals surface area contributed by atoms with Gasteiger partial charge in [-0.05, 0) is 82.0 Å². The topological polar surface area (TPSA) is 55.2 Å². The lowest BCUT2D eigenvalue weighted by atomic mass is 9.79. The van der Waals surface area contributed by atoms with Gasteiger partial charge in [0.15, 0.2) is 0 Å². The second-order valence-corrected chi connectivity index (χ2v) is 10.2. The van der Waals surface area contributed by atoms with Crippen molar-refractivity contribution in [2.24, 2.45) is 0 Å². The zero-order valence-electron chi connectivity index (χ0n) is 19.0. The first kappa shape index (κ1) is 20.1. The number of nitrogens with one attached hydrogen (secondary N) is 1. The number of hydrogen-bond donors (Lipinski definition) is 1. The number of ether oxygens (including phenoxy) is 1. The van der Waals surface area contributed by atoms with Crippen molar-refractivity contribution in [2.75, 3.05) is 11.9 Å². The zero-order chi connectivity index (χ0) is 21.8. The highest BCUT2D eigenvalue weighted by atomic mass is 16.5. The van der Waals surface area contributed by atoms with Crippen LogP contribution in [0.2, 0.25) is 0 Å². The molecule has 0 spiro atoms. The second-order valence-electron chi connectivity index (χ2n) is 10.2. The third-order valence-corrected chi connectivity index (χ3v) is 6.44. The van der Waals surface area contributed by atoms with Crippen LogP contribution in [0.25, 0.3) is 16.8 Å².